The maximum atomic E-state index is 11.1. The number of nitrogens with one attached hydrogen (secondary N) is 1. The van der Waals surface area contributed by atoms with E-state index in [4.69, 9.17) is 21.6 Å². The van der Waals surface area contributed by atoms with E-state index in [9.17, 15) is 4.79 Å². The minimum atomic E-state index is -0.167. The van der Waals surface area contributed by atoms with Gasteiger partial charge >= 0.3 is 0 Å². The van der Waals surface area contributed by atoms with Gasteiger partial charge in [-0.15, -0.1) is 0 Å². The Labute approximate surface area is 161 Å². The molecule has 0 atom stereocenters. The second-order valence-corrected chi connectivity index (χ2v) is 6.26. The molecule has 3 aromatic rings. The number of anilines is 1. The monoisotopic (exact) mass is 381 g/mol. The van der Waals surface area contributed by atoms with Crippen molar-refractivity contribution < 1.29 is 9.53 Å². The Bertz CT molecular complexity index is 1050. The van der Waals surface area contributed by atoms with Crippen LogP contribution < -0.4 is 10.1 Å². The molecule has 7 nitrogen and oxygen atoms in total. The Balaban J connectivity index is 1.89. The molecule has 0 bridgehead atoms. The number of aromatic nitrogens is 3. The average Bonchev–Trinajstić information content (AvgIpc) is 2.91. The molecule has 0 saturated heterocycles. The van der Waals surface area contributed by atoms with Crippen molar-refractivity contribution in [1.82, 2.24) is 14.8 Å². The zero-order chi connectivity index (χ0) is 19.6. The van der Waals surface area contributed by atoms with Gasteiger partial charge in [-0.05, 0) is 38.1 Å². The maximum Gasteiger partial charge on any atom is 0.221 e. The van der Waals surface area contributed by atoms with Gasteiger partial charge in [0.1, 0.15) is 11.8 Å². The number of carbonyl (C=O) groups excluding carboxylic acids is 1. The molecular weight excluding hydrogens is 366 g/mol. The number of hydrogen-bond donors (Lipinski definition) is 1. The zero-order valence-electron chi connectivity index (χ0n) is 14.9. The van der Waals surface area contributed by atoms with E-state index in [1.807, 2.05) is 19.9 Å². The van der Waals surface area contributed by atoms with Crippen molar-refractivity contribution in [3.05, 3.63) is 58.5 Å². The van der Waals surface area contributed by atoms with E-state index in [1.54, 1.807) is 35.0 Å². The fourth-order valence-corrected chi connectivity index (χ4v) is 2.79. The molecule has 0 aliphatic rings. The van der Waals surface area contributed by atoms with E-state index in [0.29, 0.717) is 33.6 Å². The fourth-order valence-electron chi connectivity index (χ4n) is 2.58. The summed E-state index contributed by atoms with van der Waals surface area (Å²) in [4.78, 5) is 15.3. The van der Waals surface area contributed by atoms with Crippen LogP contribution in [0.25, 0.3) is 5.69 Å². The summed E-state index contributed by atoms with van der Waals surface area (Å²) in [5, 5.41) is 16.5. The standard InChI is InChI=1S/C19H16ClN5O2/c1-11-19(27-18-7-5-15(10-22-18)23-13(3)26)12(2)25(24-11)16-6-4-14(9-21)17(20)8-16/h4-8,10H,1-3H3,(H,23,26). The molecule has 2 aromatic heterocycles. The second kappa shape index (κ2) is 7.48. The normalized spacial score (nSPS) is 10.3. The number of aryl methyl sites for hydroxylation is 1. The first-order valence-electron chi connectivity index (χ1n) is 8.06. The van der Waals surface area contributed by atoms with Crippen LogP contribution in [0.5, 0.6) is 11.6 Å². The summed E-state index contributed by atoms with van der Waals surface area (Å²) in [6.45, 7) is 5.13. The lowest BCUT2D eigenvalue weighted by Gasteiger charge is -2.08. The van der Waals surface area contributed by atoms with E-state index in [2.05, 4.69) is 15.4 Å². The summed E-state index contributed by atoms with van der Waals surface area (Å²) in [6.07, 6.45) is 1.52. The molecule has 1 amide bonds. The average molecular weight is 382 g/mol. The lowest BCUT2D eigenvalue weighted by Crippen LogP contribution is -2.05. The molecule has 2 heterocycles. The van der Waals surface area contributed by atoms with Gasteiger partial charge in [0.25, 0.3) is 0 Å². The van der Waals surface area contributed by atoms with Crippen LogP contribution in [-0.4, -0.2) is 20.7 Å². The molecule has 1 N–H and O–H groups in total. The van der Waals surface area contributed by atoms with Gasteiger partial charge in [-0.25, -0.2) is 9.67 Å². The zero-order valence-corrected chi connectivity index (χ0v) is 15.7. The summed E-state index contributed by atoms with van der Waals surface area (Å²) in [6, 6.07) is 10.5. The topological polar surface area (TPSA) is 92.8 Å². The number of benzene rings is 1. The highest BCUT2D eigenvalue weighted by atomic mass is 35.5. The van der Waals surface area contributed by atoms with Gasteiger partial charge in [0.15, 0.2) is 5.75 Å². The highest BCUT2D eigenvalue weighted by molar-refractivity contribution is 6.31. The molecule has 0 aliphatic carbocycles. The van der Waals surface area contributed by atoms with Crippen molar-refractivity contribution in [2.75, 3.05) is 5.32 Å². The van der Waals surface area contributed by atoms with E-state index < -0.39 is 0 Å². The molecule has 0 unspecified atom stereocenters. The fraction of sp³-hybridized carbons (Fsp3) is 0.158. The van der Waals surface area contributed by atoms with E-state index in [0.717, 1.165) is 11.4 Å². The Morgan fingerprint density at radius 1 is 1.30 bits per heavy atom. The molecule has 0 radical (unpaired) electrons. The molecule has 0 aliphatic heterocycles. The van der Waals surface area contributed by atoms with Gasteiger partial charge in [0, 0.05) is 13.0 Å². The third kappa shape index (κ3) is 3.91. The van der Waals surface area contributed by atoms with Crippen LogP contribution in [0.15, 0.2) is 36.5 Å². The number of hydrogen-bond acceptors (Lipinski definition) is 5. The molecule has 27 heavy (non-hydrogen) atoms. The maximum absolute atomic E-state index is 11.1. The first-order valence-corrected chi connectivity index (χ1v) is 8.44. The number of amides is 1. The van der Waals surface area contributed by atoms with Crippen molar-refractivity contribution in [2.45, 2.75) is 20.8 Å². The minimum Gasteiger partial charge on any atom is -0.435 e. The van der Waals surface area contributed by atoms with E-state index in [-0.39, 0.29) is 5.91 Å². The van der Waals surface area contributed by atoms with Gasteiger partial charge in [-0.3, -0.25) is 4.79 Å². The lowest BCUT2D eigenvalue weighted by atomic mass is 10.2. The predicted molar refractivity (Wildman–Crippen MR) is 101 cm³/mol. The van der Waals surface area contributed by atoms with Crippen LogP contribution in [0.2, 0.25) is 5.02 Å². The molecular formula is C19H16ClN5O2. The molecule has 136 valence electrons. The number of nitrogens with zero attached hydrogens (tertiary/aromatic N) is 4. The smallest absolute Gasteiger partial charge is 0.221 e. The largest absolute Gasteiger partial charge is 0.435 e. The van der Waals surface area contributed by atoms with Crippen LogP contribution >= 0.6 is 11.6 Å². The summed E-state index contributed by atoms with van der Waals surface area (Å²) in [5.74, 6) is 0.794. The van der Waals surface area contributed by atoms with E-state index in [1.165, 1.54) is 13.1 Å². The first kappa shape index (κ1) is 18.4. The summed E-state index contributed by atoms with van der Waals surface area (Å²) < 4.78 is 7.58. The van der Waals surface area contributed by atoms with Gasteiger partial charge in [0.2, 0.25) is 11.8 Å². The van der Waals surface area contributed by atoms with E-state index >= 15 is 0 Å². The Morgan fingerprint density at radius 2 is 2.07 bits per heavy atom. The van der Waals surface area contributed by atoms with Crippen LogP contribution in [0.3, 0.4) is 0 Å². The number of ether oxygens (including phenoxy) is 1. The Hall–Kier alpha value is -3.37. The number of carbonyl (C=O) groups is 1. The Kier molecular flexibility index (Phi) is 5.10. The van der Waals surface area contributed by atoms with Gasteiger partial charge in [-0.2, -0.15) is 10.4 Å². The summed E-state index contributed by atoms with van der Waals surface area (Å²) in [5.41, 5.74) is 3.17. The summed E-state index contributed by atoms with van der Waals surface area (Å²) >= 11 is 6.12. The van der Waals surface area contributed by atoms with Crippen molar-refractivity contribution in [2.24, 2.45) is 0 Å². The van der Waals surface area contributed by atoms with Crippen molar-refractivity contribution in [3.8, 4) is 23.4 Å². The molecule has 8 heteroatoms. The van der Waals surface area contributed by atoms with Crippen LogP contribution in [0.1, 0.15) is 23.9 Å². The number of halogens is 1. The highest BCUT2D eigenvalue weighted by Gasteiger charge is 2.16. The molecule has 0 saturated carbocycles. The number of nitriles is 1. The lowest BCUT2D eigenvalue weighted by molar-refractivity contribution is -0.114. The number of rotatable bonds is 4. The van der Waals surface area contributed by atoms with Crippen molar-refractivity contribution >= 4 is 23.2 Å². The van der Waals surface area contributed by atoms with Gasteiger partial charge in [0.05, 0.1) is 33.9 Å². The first-order chi connectivity index (χ1) is 12.9. The summed E-state index contributed by atoms with van der Waals surface area (Å²) in [7, 11) is 0. The van der Waals surface area contributed by atoms with Crippen LogP contribution in [-0.2, 0) is 4.79 Å². The second-order valence-electron chi connectivity index (χ2n) is 5.86. The predicted octanol–water partition coefficient (Wildman–Crippen LogP) is 4.16. The quantitative estimate of drug-likeness (QED) is 0.732. The highest BCUT2D eigenvalue weighted by Crippen LogP contribution is 2.30. The SMILES string of the molecule is CC(=O)Nc1ccc(Oc2c(C)nn(-c3ccc(C#N)c(Cl)c3)c2C)nc1. The Morgan fingerprint density at radius 3 is 2.67 bits per heavy atom. The molecule has 0 spiro atoms. The minimum absolute atomic E-state index is 0.167. The van der Waals surface area contributed by atoms with Crippen LogP contribution in [0.4, 0.5) is 5.69 Å². The third-order valence-corrected chi connectivity index (χ3v) is 4.12. The number of pyridine rings is 1. The third-order valence-electron chi connectivity index (χ3n) is 3.81. The molecule has 3 rings (SSSR count). The van der Waals surface area contributed by atoms with Gasteiger partial charge < -0.3 is 10.1 Å². The van der Waals surface area contributed by atoms with Crippen LogP contribution in [0, 0.1) is 25.2 Å². The van der Waals surface area contributed by atoms with Crippen molar-refractivity contribution in [3.63, 3.8) is 0 Å². The molecule has 1 aromatic carbocycles. The molecule has 0 fully saturated rings. The van der Waals surface area contributed by atoms with Crippen molar-refractivity contribution in [1.29, 1.82) is 5.26 Å². The van der Waals surface area contributed by atoms with Gasteiger partial charge in [-0.1, -0.05) is 11.6 Å².